The number of urea groups is 1. The van der Waals surface area contributed by atoms with Crippen molar-refractivity contribution >= 4 is 23.6 Å². The predicted octanol–water partition coefficient (Wildman–Crippen LogP) is 1.82. The molecule has 0 saturated heterocycles. The van der Waals surface area contributed by atoms with Gasteiger partial charge >= 0.3 is 12.0 Å². The summed E-state index contributed by atoms with van der Waals surface area (Å²) in [5.74, 6) is -0.490. The van der Waals surface area contributed by atoms with Gasteiger partial charge in [-0.05, 0) is 25.1 Å². The van der Waals surface area contributed by atoms with Crippen LogP contribution in [0.15, 0.2) is 34.9 Å². The second kappa shape index (κ2) is 6.95. The van der Waals surface area contributed by atoms with E-state index in [9.17, 15) is 14.4 Å². The average Bonchev–Trinajstić information content (AvgIpc) is 3.20. The van der Waals surface area contributed by atoms with Gasteiger partial charge < -0.3 is 23.9 Å². The molecule has 9 nitrogen and oxygen atoms in total. The number of aryl methyl sites for hydroxylation is 1. The number of furan rings is 1. The summed E-state index contributed by atoms with van der Waals surface area (Å²) in [6.45, 7) is 1.16. The fourth-order valence-corrected chi connectivity index (χ4v) is 2.08. The van der Waals surface area contributed by atoms with Gasteiger partial charge in [0.05, 0.1) is 6.26 Å². The van der Waals surface area contributed by atoms with Crippen LogP contribution in [0.3, 0.4) is 0 Å². The highest BCUT2D eigenvalue weighted by molar-refractivity contribution is 6.02. The molecule has 0 radical (unpaired) electrons. The minimum Gasteiger partial charge on any atom is -0.457 e. The van der Waals surface area contributed by atoms with E-state index in [-0.39, 0.29) is 12.6 Å². The lowest BCUT2D eigenvalue weighted by molar-refractivity contribution is -0.123. The molecule has 2 N–H and O–H groups in total. The second-order valence-electron chi connectivity index (χ2n) is 5.08. The molecule has 0 fully saturated rings. The molecule has 25 heavy (non-hydrogen) atoms. The Morgan fingerprint density at radius 3 is 2.72 bits per heavy atom. The molecule has 2 aromatic rings. The van der Waals surface area contributed by atoms with E-state index < -0.39 is 24.5 Å². The third-order valence-corrected chi connectivity index (χ3v) is 3.27. The number of hydrogen-bond acceptors (Lipinski definition) is 7. The lowest BCUT2D eigenvalue weighted by Crippen LogP contribution is -2.37. The van der Waals surface area contributed by atoms with Gasteiger partial charge in [0.1, 0.15) is 0 Å². The highest BCUT2D eigenvalue weighted by Crippen LogP contribution is 2.34. The molecule has 0 unspecified atom stereocenters. The normalized spacial score (nSPS) is 11.7. The SMILES string of the molecule is Cc1ccoc1C(=O)OCC(=O)NC(=O)Nc1ccc2c(c1)OCO2. The Morgan fingerprint density at radius 1 is 1.16 bits per heavy atom. The maximum Gasteiger partial charge on any atom is 0.375 e. The van der Waals surface area contributed by atoms with E-state index in [1.807, 2.05) is 5.32 Å². The second-order valence-corrected chi connectivity index (χ2v) is 5.08. The van der Waals surface area contributed by atoms with Crippen molar-refractivity contribution in [1.82, 2.24) is 5.32 Å². The van der Waals surface area contributed by atoms with Crippen molar-refractivity contribution in [1.29, 1.82) is 0 Å². The van der Waals surface area contributed by atoms with Crippen LogP contribution in [0.1, 0.15) is 16.1 Å². The largest absolute Gasteiger partial charge is 0.457 e. The molecule has 0 aliphatic carbocycles. The molecule has 2 heterocycles. The number of imide groups is 1. The molecule has 0 spiro atoms. The molecule has 0 atom stereocenters. The van der Waals surface area contributed by atoms with Crippen LogP contribution in [0.2, 0.25) is 0 Å². The summed E-state index contributed by atoms with van der Waals surface area (Å²) in [5.41, 5.74) is 1.00. The van der Waals surface area contributed by atoms with Crippen LogP contribution in [-0.4, -0.2) is 31.3 Å². The number of fused-ring (bicyclic) bond motifs is 1. The Kier molecular flexibility index (Phi) is 4.55. The molecular weight excluding hydrogens is 332 g/mol. The van der Waals surface area contributed by atoms with E-state index in [1.165, 1.54) is 6.26 Å². The van der Waals surface area contributed by atoms with Gasteiger partial charge in [-0.2, -0.15) is 0 Å². The van der Waals surface area contributed by atoms with Crippen LogP contribution >= 0.6 is 0 Å². The molecule has 1 aromatic carbocycles. The van der Waals surface area contributed by atoms with Gasteiger partial charge in [0.25, 0.3) is 5.91 Å². The number of hydrogen-bond donors (Lipinski definition) is 2. The first-order valence-electron chi connectivity index (χ1n) is 7.24. The first-order chi connectivity index (χ1) is 12.0. The molecule has 3 rings (SSSR count). The first kappa shape index (κ1) is 16.4. The van der Waals surface area contributed by atoms with Crippen molar-refractivity contribution in [2.45, 2.75) is 6.92 Å². The zero-order chi connectivity index (χ0) is 17.8. The summed E-state index contributed by atoms with van der Waals surface area (Å²) in [5, 5.41) is 4.50. The molecule has 1 aliphatic heterocycles. The minimum absolute atomic E-state index is 0.0117. The summed E-state index contributed by atoms with van der Waals surface area (Å²) >= 11 is 0. The Labute approximate surface area is 141 Å². The Bertz CT molecular complexity index is 828. The van der Waals surface area contributed by atoms with E-state index in [2.05, 4.69) is 5.32 Å². The fraction of sp³-hybridized carbons (Fsp3) is 0.188. The van der Waals surface area contributed by atoms with Crippen LogP contribution in [0.5, 0.6) is 11.5 Å². The number of benzene rings is 1. The number of amides is 3. The third kappa shape index (κ3) is 3.89. The van der Waals surface area contributed by atoms with Gasteiger partial charge in [-0.1, -0.05) is 0 Å². The smallest absolute Gasteiger partial charge is 0.375 e. The molecule has 0 bridgehead atoms. The summed E-state index contributed by atoms with van der Waals surface area (Å²) in [6, 6.07) is 5.61. The van der Waals surface area contributed by atoms with Gasteiger partial charge in [-0.15, -0.1) is 0 Å². The van der Waals surface area contributed by atoms with Crippen molar-refractivity contribution in [2.24, 2.45) is 0 Å². The Hall–Kier alpha value is -3.49. The Balaban J connectivity index is 1.47. The highest BCUT2D eigenvalue weighted by atomic mass is 16.7. The van der Waals surface area contributed by atoms with Crippen molar-refractivity contribution in [3.63, 3.8) is 0 Å². The van der Waals surface area contributed by atoms with Crippen LogP contribution in [0, 0.1) is 6.92 Å². The standard InChI is InChI=1S/C16H14N2O7/c1-9-4-5-22-14(9)15(20)23-7-13(19)18-16(21)17-10-2-3-11-12(6-10)25-8-24-11/h2-6H,7-8H2,1H3,(H2,17,18,19,21). The van der Waals surface area contributed by atoms with Crippen molar-refractivity contribution < 1.29 is 33.0 Å². The van der Waals surface area contributed by atoms with Crippen molar-refractivity contribution in [3.05, 3.63) is 41.9 Å². The molecule has 0 saturated carbocycles. The lowest BCUT2D eigenvalue weighted by Gasteiger charge is -2.08. The number of anilines is 1. The average molecular weight is 346 g/mol. The van der Waals surface area contributed by atoms with E-state index in [0.717, 1.165) is 0 Å². The summed E-state index contributed by atoms with van der Waals surface area (Å²) in [7, 11) is 0. The number of esters is 1. The lowest BCUT2D eigenvalue weighted by atomic mass is 10.3. The van der Waals surface area contributed by atoms with E-state index >= 15 is 0 Å². The summed E-state index contributed by atoms with van der Waals surface area (Å²) in [6.07, 6.45) is 1.34. The summed E-state index contributed by atoms with van der Waals surface area (Å²) < 4.78 is 20.1. The van der Waals surface area contributed by atoms with Crippen LogP contribution in [-0.2, 0) is 9.53 Å². The minimum atomic E-state index is -0.783. The Morgan fingerprint density at radius 2 is 1.96 bits per heavy atom. The molecular formula is C16H14N2O7. The number of carbonyl (C=O) groups excluding carboxylic acids is 3. The first-order valence-corrected chi connectivity index (χ1v) is 7.24. The van der Waals surface area contributed by atoms with Gasteiger partial charge in [0.15, 0.2) is 18.1 Å². The number of ether oxygens (including phenoxy) is 3. The monoisotopic (exact) mass is 346 g/mol. The predicted molar refractivity (Wildman–Crippen MR) is 83.5 cm³/mol. The molecule has 130 valence electrons. The molecule has 9 heteroatoms. The van der Waals surface area contributed by atoms with Crippen LogP contribution in [0.4, 0.5) is 10.5 Å². The number of carbonyl (C=O) groups is 3. The molecule has 3 amide bonds. The molecule has 1 aromatic heterocycles. The summed E-state index contributed by atoms with van der Waals surface area (Å²) in [4.78, 5) is 35.1. The van der Waals surface area contributed by atoms with Gasteiger partial charge in [0.2, 0.25) is 12.6 Å². The maximum atomic E-state index is 11.8. The quantitative estimate of drug-likeness (QED) is 0.811. The van der Waals surface area contributed by atoms with Crippen molar-refractivity contribution in [3.8, 4) is 11.5 Å². The van der Waals surface area contributed by atoms with Crippen LogP contribution < -0.4 is 20.1 Å². The number of nitrogens with one attached hydrogen (secondary N) is 2. The number of rotatable bonds is 4. The zero-order valence-corrected chi connectivity index (χ0v) is 13.2. The third-order valence-electron chi connectivity index (χ3n) is 3.27. The topological polar surface area (TPSA) is 116 Å². The zero-order valence-electron chi connectivity index (χ0n) is 13.2. The maximum absolute atomic E-state index is 11.8. The highest BCUT2D eigenvalue weighted by Gasteiger charge is 2.18. The van der Waals surface area contributed by atoms with E-state index in [0.29, 0.717) is 22.7 Å². The molecule has 1 aliphatic rings. The van der Waals surface area contributed by atoms with Gasteiger partial charge in [-0.3, -0.25) is 10.1 Å². The van der Waals surface area contributed by atoms with E-state index in [4.69, 9.17) is 18.6 Å². The van der Waals surface area contributed by atoms with E-state index in [1.54, 1.807) is 31.2 Å². The van der Waals surface area contributed by atoms with Crippen LogP contribution in [0.25, 0.3) is 0 Å². The van der Waals surface area contributed by atoms with Gasteiger partial charge in [-0.25, -0.2) is 9.59 Å². The van der Waals surface area contributed by atoms with Crippen molar-refractivity contribution in [2.75, 3.05) is 18.7 Å². The van der Waals surface area contributed by atoms with Gasteiger partial charge in [0, 0.05) is 17.3 Å². The fourth-order valence-electron chi connectivity index (χ4n) is 2.08.